The molecule has 3 rings (SSSR count). The minimum absolute atomic E-state index is 0.121. The normalized spacial score (nSPS) is 10.7. The zero-order chi connectivity index (χ0) is 17.5. The maximum absolute atomic E-state index is 12.9. The van der Waals surface area contributed by atoms with Crippen LogP contribution in [-0.2, 0) is 0 Å². The van der Waals surface area contributed by atoms with Crippen LogP contribution < -0.4 is 0 Å². The minimum atomic E-state index is -0.121. The summed E-state index contributed by atoms with van der Waals surface area (Å²) in [6.07, 6.45) is 1.81. The molecule has 0 aliphatic rings. The lowest BCUT2D eigenvalue weighted by atomic mass is 10.0. The highest BCUT2D eigenvalue weighted by Crippen LogP contribution is 2.15. The zero-order valence-electron chi connectivity index (χ0n) is 13.4. The highest BCUT2D eigenvalue weighted by atomic mass is 35.5. The van der Waals surface area contributed by atoms with Gasteiger partial charge in [-0.05, 0) is 48.0 Å². The lowest BCUT2D eigenvalue weighted by molar-refractivity contribution is 0.104. The molecule has 0 fully saturated rings. The van der Waals surface area contributed by atoms with E-state index in [1.807, 2.05) is 66.7 Å². The van der Waals surface area contributed by atoms with Crippen molar-refractivity contribution in [2.75, 3.05) is 0 Å². The summed E-state index contributed by atoms with van der Waals surface area (Å²) < 4.78 is 0. The van der Waals surface area contributed by atoms with Crippen LogP contribution in [0.2, 0.25) is 5.02 Å². The van der Waals surface area contributed by atoms with Crippen molar-refractivity contribution in [1.82, 2.24) is 0 Å². The highest BCUT2D eigenvalue weighted by molar-refractivity contribution is 6.30. The third kappa shape index (κ3) is 4.70. The molecular formula is C23H15ClO. The second-order valence-corrected chi connectivity index (χ2v) is 5.86. The van der Waals surface area contributed by atoms with E-state index in [4.69, 9.17) is 11.6 Å². The molecule has 3 aromatic rings. The van der Waals surface area contributed by atoms with Gasteiger partial charge in [-0.1, -0.05) is 72.0 Å². The summed E-state index contributed by atoms with van der Waals surface area (Å²) in [6.45, 7) is 0. The molecule has 1 nitrogen and oxygen atoms in total. The SMILES string of the molecule is O=C(C(C#Cc1ccccc1)=Cc1ccccc1)c1ccc(Cl)cc1. The van der Waals surface area contributed by atoms with Crippen LogP contribution in [0.5, 0.6) is 0 Å². The quantitative estimate of drug-likeness (QED) is 0.341. The number of halogens is 1. The molecule has 0 N–H and O–H groups in total. The first-order valence-electron chi connectivity index (χ1n) is 7.86. The van der Waals surface area contributed by atoms with Crippen molar-refractivity contribution in [1.29, 1.82) is 0 Å². The molecule has 0 unspecified atom stereocenters. The Morgan fingerprint density at radius 1 is 0.800 bits per heavy atom. The van der Waals surface area contributed by atoms with Gasteiger partial charge in [0.25, 0.3) is 0 Å². The molecule has 0 saturated carbocycles. The van der Waals surface area contributed by atoms with Crippen molar-refractivity contribution in [3.8, 4) is 11.8 Å². The van der Waals surface area contributed by atoms with E-state index in [-0.39, 0.29) is 5.78 Å². The van der Waals surface area contributed by atoms with Crippen LogP contribution in [0.1, 0.15) is 21.5 Å². The van der Waals surface area contributed by atoms with E-state index >= 15 is 0 Å². The predicted molar refractivity (Wildman–Crippen MR) is 104 cm³/mol. The first-order valence-corrected chi connectivity index (χ1v) is 8.24. The van der Waals surface area contributed by atoms with Gasteiger partial charge in [-0.2, -0.15) is 0 Å². The Morgan fingerprint density at radius 2 is 1.40 bits per heavy atom. The average Bonchev–Trinajstić information content (AvgIpc) is 2.67. The Hall–Kier alpha value is -3.08. The standard InChI is InChI=1S/C23H15ClO/c24-22-15-13-20(14-16-22)23(25)21(17-19-9-5-2-6-10-19)12-11-18-7-3-1-4-8-18/h1-10,13-17H. The van der Waals surface area contributed by atoms with E-state index < -0.39 is 0 Å². The van der Waals surface area contributed by atoms with Crippen LogP contribution in [0.4, 0.5) is 0 Å². The van der Waals surface area contributed by atoms with E-state index in [2.05, 4.69) is 11.8 Å². The van der Waals surface area contributed by atoms with Gasteiger partial charge in [0.15, 0.2) is 0 Å². The fourth-order valence-electron chi connectivity index (χ4n) is 2.29. The van der Waals surface area contributed by atoms with Gasteiger partial charge >= 0.3 is 0 Å². The van der Waals surface area contributed by atoms with Crippen LogP contribution in [0.25, 0.3) is 6.08 Å². The van der Waals surface area contributed by atoms with Gasteiger partial charge in [-0.3, -0.25) is 4.79 Å². The Morgan fingerprint density at radius 3 is 2.04 bits per heavy atom. The number of ketones is 1. The van der Waals surface area contributed by atoms with Crippen molar-refractivity contribution in [2.24, 2.45) is 0 Å². The molecule has 0 spiro atoms. The van der Waals surface area contributed by atoms with Gasteiger partial charge in [-0.25, -0.2) is 0 Å². The van der Waals surface area contributed by atoms with Crippen LogP contribution in [0.15, 0.2) is 90.5 Å². The Balaban J connectivity index is 2.00. The number of hydrogen-bond acceptors (Lipinski definition) is 1. The van der Waals surface area contributed by atoms with Gasteiger partial charge in [0, 0.05) is 16.1 Å². The molecule has 120 valence electrons. The lowest BCUT2D eigenvalue weighted by Gasteiger charge is -2.02. The summed E-state index contributed by atoms with van der Waals surface area (Å²) in [5, 5.41) is 0.598. The van der Waals surface area contributed by atoms with Crippen LogP contribution >= 0.6 is 11.6 Å². The maximum Gasteiger partial charge on any atom is 0.201 e. The molecular weight excluding hydrogens is 328 g/mol. The van der Waals surface area contributed by atoms with E-state index in [0.717, 1.165) is 11.1 Å². The van der Waals surface area contributed by atoms with Crippen molar-refractivity contribution in [3.63, 3.8) is 0 Å². The highest BCUT2D eigenvalue weighted by Gasteiger charge is 2.10. The van der Waals surface area contributed by atoms with Gasteiger partial charge in [0.05, 0.1) is 5.57 Å². The predicted octanol–water partition coefficient (Wildman–Crippen LogP) is 5.66. The lowest BCUT2D eigenvalue weighted by Crippen LogP contribution is -2.02. The number of benzene rings is 3. The van der Waals surface area contributed by atoms with E-state index in [0.29, 0.717) is 16.2 Å². The first kappa shape index (κ1) is 16.8. The maximum atomic E-state index is 12.9. The zero-order valence-corrected chi connectivity index (χ0v) is 14.2. The summed E-state index contributed by atoms with van der Waals surface area (Å²) in [6, 6.07) is 26.1. The monoisotopic (exact) mass is 342 g/mol. The number of carbonyl (C=O) groups excluding carboxylic acids is 1. The molecule has 25 heavy (non-hydrogen) atoms. The van der Waals surface area contributed by atoms with Gasteiger partial charge in [0.2, 0.25) is 5.78 Å². The molecule has 0 aromatic heterocycles. The van der Waals surface area contributed by atoms with E-state index in [1.165, 1.54) is 0 Å². The van der Waals surface area contributed by atoms with E-state index in [9.17, 15) is 4.79 Å². The van der Waals surface area contributed by atoms with Crippen molar-refractivity contribution < 1.29 is 4.79 Å². The Kier molecular flexibility index (Phi) is 5.46. The molecule has 2 heteroatoms. The molecule has 0 amide bonds. The average molecular weight is 343 g/mol. The third-order valence-corrected chi connectivity index (χ3v) is 3.83. The number of rotatable bonds is 3. The second-order valence-electron chi connectivity index (χ2n) is 5.42. The summed E-state index contributed by atoms with van der Waals surface area (Å²) in [7, 11) is 0. The number of carbonyl (C=O) groups is 1. The second kappa shape index (κ2) is 8.15. The molecule has 0 radical (unpaired) electrons. The molecule has 3 aromatic carbocycles. The summed E-state index contributed by atoms with van der Waals surface area (Å²) in [5.41, 5.74) is 2.80. The molecule has 0 saturated heterocycles. The van der Waals surface area contributed by atoms with Crippen LogP contribution in [-0.4, -0.2) is 5.78 Å². The summed E-state index contributed by atoms with van der Waals surface area (Å²) in [5.74, 6) is 5.97. The third-order valence-electron chi connectivity index (χ3n) is 3.58. The number of hydrogen-bond donors (Lipinski definition) is 0. The van der Waals surface area contributed by atoms with Crippen molar-refractivity contribution in [2.45, 2.75) is 0 Å². The van der Waals surface area contributed by atoms with E-state index in [1.54, 1.807) is 24.3 Å². The van der Waals surface area contributed by atoms with Crippen molar-refractivity contribution >= 4 is 23.5 Å². The van der Waals surface area contributed by atoms with Gasteiger partial charge < -0.3 is 0 Å². The van der Waals surface area contributed by atoms with Gasteiger partial charge in [-0.15, -0.1) is 0 Å². The summed E-state index contributed by atoms with van der Waals surface area (Å²) >= 11 is 5.91. The molecule has 0 heterocycles. The largest absolute Gasteiger partial charge is 0.288 e. The fraction of sp³-hybridized carbons (Fsp3) is 0. The fourth-order valence-corrected chi connectivity index (χ4v) is 2.42. The van der Waals surface area contributed by atoms with Crippen molar-refractivity contribution in [3.05, 3.63) is 112 Å². The van der Waals surface area contributed by atoms with Crippen LogP contribution in [0, 0.1) is 11.8 Å². The molecule has 0 atom stereocenters. The summed E-state index contributed by atoms with van der Waals surface area (Å²) in [4.78, 5) is 12.9. The molecule has 0 aliphatic carbocycles. The smallest absolute Gasteiger partial charge is 0.201 e. The first-order chi connectivity index (χ1) is 12.2. The Bertz CT molecular complexity index is 944. The Labute approximate surface area is 152 Å². The molecule has 0 aliphatic heterocycles. The topological polar surface area (TPSA) is 17.1 Å². The number of Topliss-reactive ketones (excluding diaryl/α,β-unsaturated/α-hetero) is 1. The number of allylic oxidation sites excluding steroid dienone is 1. The molecule has 0 bridgehead atoms. The van der Waals surface area contributed by atoms with Crippen LogP contribution in [0.3, 0.4) is 0 Å². The van der Waals surface area contributed by atoms with Gasteiger partial charge in [0.1, 0.15) is 0 Å². The minimum Gasteiger partial charge on any atom is -0.288 e.